The van der Waals surface area contributed by atoms with Gasteiger partial charge in [0.2, 0.25) is 0 Å². The average Bonchev–Trinajstić information content (AvgIpc) is 2.73. The minimum absolute atomic E-state index is 0.318. The van der Waals surface area contributed by atoms with Gasteiger partial charge in [-0.15, -0.1) is 0 Å². The number of allylic oxidation sites excluding steroid dienone is 1. The van der Waals surface area contributed by atoms with Crippen LogP contribution in [0.3, 0.4) is 0 Å². The summed E-state index contributed by atoms with van der Waals surface area (Å²) in [6.45, 7) is 0. The van der Waals surface area contributed by atoms with Crippen molar-refractivity contribution in [3.63, 3.8) is 0 Å². The number of carbonyl (C=O) groups is 1. The molecule has 0 amide bonds. The molecule has 2 nitrogen and oxygen atoms in total. The first-order valence-corrected chi connectivity index (χ1v) is 10.9. The van der Waals surface area contributed by atoms with Crippen molar-refractivity contribution in [2.45, 2.75) is 0 Å². The third-order valence-corrected chi connectivity index (χ3v) is 9.48. The molecule has 0 bridgehead atoms. The Bertz CT molecular complexity index is 762. The van der Waals surface area contributed by atoms with E-state index in [1.54, 1.807) is 0 Å². The quantitative estimate of drug-likeness (QED) is 0.381. The number of benzene rings is 3. The van der Waals surface area contributed by atoms with E-state index in [4.69, 9.17) is 4.74 Å². The fraction of sp³-hybridized carbons (Fsp3) is 0.0870. The molecule has 0 aliphatic rings. The van der Waals surface area contributed by atoms with Crippen LogP contribution in [0.1, 0.15) is 0 Å². The second kappa shape index (κ2) is 8.60. The first kappa shape index (κ1) is 18.1. The van der Waals surface area contributed by atoms with Gasteiger partial charge in [0.25, 0.3) is 0 Å². The van der Waals surface area contributed by atoms with Crippen molar-refractivity contribution in [3.05, 3.63) is 103 Å². The van der Waals surface area contributed by atoms with Gasteiger partial charge in [0.1, 0.15) is 0 Å². The van der Waals surface area contributed by atoms with Crippen molar-refractivity contribution >= 4 is 29.1 Å². The number of ether oxygens (including phenoxy) is 1. The zero-order valence-corrected chi connectivity index (χ0v) is 15.8. The van der Waals surface area contributed by atoms with Crippen molar-refractivity contribution < 1.29 is 9.53 Å². The maximum absolute atomic E-state index is 11.6. The third kappa shape index (κ3) is 3.76. The molecule has 0 atom stereocenters. The van der Waals surface area contributed by atoms with Gasteiger partial charge in [-0.1, -0.05) is 0 Å². The molecule has 3 rings (SSSR count). The van der Waals surface area contributed by atoms with E-state index in [9.17, 15) is 4.79 Å². The third-order valence-electron chi connectivity index (χ3n) is 4.68. The Balaban J connectivity index is 2.21. The summed E-state index contributed by atoms with van der Waals surface area (Å²) in [5.41, 5.74) is 0. The van der Waals surface area contributed by atoms with Crippen LogP contribution in [-0.2, 0) is 9.53 Å². The summed E-state index contributed by atoms with van der Waals surface area (Å²) in [6.07, 6.45) is 4.29. The van der Waals surface area contributed by atoms with Crippen LogP contribution in [0.4, 0.5) is 0 Å². The summed E-state index contributed by atoms with van der Waals surface area (Å²) in [4.78, 5) is 11.6. The van der Waals surface area contributed by atoms with Crippen LogP contribution in [0, 0.1) is 0 Å². The topological polar surface area (TPSA) is 26.3 Å². The molecule has 132 valence electrons. The number of esters is 1. The van der Waals surface area contributed by atoms with E-state index in [0.717, 1.165) is 6.16 Å². The Morgan fingerprint density at radius 1 is 0.769 bits per heavy atom. The van der Waals surface area contributed by atoms with Crippen LogP contribution >= 0.6 is 7.26 Å². The molecule has 3 aromatic rings. The second-order valence-electron chi connectivity index (χ2n) is 6.13. The summed E-state index contributed by atoms with van der Waals surface area (Å²) < 4.78 is 4.77. The molecular weight excluding hydrogens is 339 g/mol. The first-order chi connectivity index (χ1) is 12.8. The summed E-state index contributed by atoms with van der Waals surface area (Å²) in [5, 5.41) is 3.98. The second-order valence-corrected chi connectivity index (χ2v) is 10.1. The van der Waals surface area contributed by atoms with E-state index in [1.807, 2.05) is 24.3 Å². The van der Waals surface area contributed by atoms with E-state index in [0.29, 0.717) is 0 Å². The van der Waals surface area contributed by atoms with E-state index < -0.39 is 7.26 Å². The van der Waals surface area contributed by atoms with E-state index in [1.165, 1.54) is 29.1 Å². The fourth-order valence-electron chi connectivity index (χ4n) is 3.42. The van der Waals surface area contributed by atoms with Crippen molar-refractivity contribution in [1.82, 2.24) is 0 Å². The predicted molar refractivity (Wildman–Crippen MR) is 113 cm³/mol. The summed E-state index contributed by atoms with van der Waals surface area (Å²) in [7, 11) is -0.892. The molecule has 0 fully saturated rings. The number of rotatable bonds is 6. The number of carbonyl (C=O) groups excluding carboxylic acids is 1. The Morgan fingerprint density at radius 2 is 1.15 bits per heavy atom. The molecule has 0 radical (unpaired) electrons. The molecule has 0 aliphatic heterocycles. The van der Waals surface area contributed by atoms with Crippen LogP contribution in [0.25, 0.3) is 0 Å². The van der Waals surface area contributed by atoms with Crippen LogP contribution < -0.4 is 15.9 Å². The standard InChI is InChI=1S/C23H23O2P/c1-25-23(24)18-11-19-26(20-12-5-2-6-13-20,21-14-7-3-8-15-21)22-16-9-4-10-17-22/h2-18,26H,19H2,1H3/b18-11+. The van der Waals surface area contributed by atoms with Crippen molar-refractivity contribution in [1.29, 1.82) is 0 Å². The van der Waals surface area contributed by atoms with Crippen LogP contribution in [0.5, 0.6) is 0 Å². The summed E-state index contributed by atoms with van der Waals surface area (Å²) in [5.74, 6) is -0.318. The zero-order chi connectivity index (χ0) is 18.2. The molecule has 0 spiro atoms. The van der Waals surface area contributed by atoms with Gasteiger partial charge in [-0.25, -0.2) is 0 Å². The Kier molecular flexibility index (Phi) is 5.99. The van der Waals surface area contributed by atoms with Gasteiger partial charge in [0, 0.05) is 0 Å². The molecule has 0 unspecified atom stereocenters. The van der Waals surface area contributed by atoms with Crippen molar-refractivity contribution in [3.8, 4) is 0 Å². The molecular formula is C23H23O2P. The molecule has 0 aliphatic carbocycles. The predicted octanol–water partition coefficient (Wildman–Crippen LogP) is 3.44. The van der Waals surface area contributed by atoms with Crippen LogP contribution in [-0.4, -0.2) is 19.2 Å². The SMILES string of the molecule is COC(=O)/C=C/C[PH](c1ccccc1)(c1ccccc1)c1ccccc1. The molecule has 26 heavy (non-hydrogen) atoms. The van der Waals surface area contributed by atoms with E-state index in [-0.39, 0.29) is 5.97 Å². The van der Waals surface area contributed by atoms with Crippen molar-refractivity contribution in [2.75, 3.05) is 13.3 Å². The van der Waals surface area contributed by atoms with Crippen LogP contribution in [0.2, 0.25) is 0 Å². The van der Waals surface area contributed by atoms with Gasteiger partial charge in [0.05, 0.1) is 0 Å². The Morgan fingerprint density at radius 3 is 1.50 bits per heavy atom. The van der Waals surface area contributed by atoms with E-state index in [2.05, 4.69) is 72.8 Å². The van der Waals surface area contributed by atoms with Gasteiger partial charge in [0.15, 0.2) is 0 Å². The van der Waals surface area contributed by atoms with Gasteiger partial charge in [-0.2, -0.15) is 0 Å². The molecule has 3 aromatic carbocycles. The molecule has 0 aromatic heterocycles. The van der Waals surface area contributed by atoms with Gasteiger partial charge in [-0.05, 0) is 0 Å². The number of hydrogen-bond acceptors (Lipinski definition) is 2. The maximum atomic E-state index is 11.6. The van der Waals surface area contributed by atoms with Crippen molar-refractivity contribution in [2.24, 2.45) is 0 Å². The monoisotopic (exact) mass is 362 g/mol. The first-order valence-electron chi connectivity index (χ1n) is 8.68. The number of methoxy groups -OCH3 is 1. The fourth-order valence-corrected chi connectivity index (χ4v) is 7.88. The zero-order valence-electron chi connectivity index (χ0n) is 14.8. The average molecular weight is 362 g/mol. The van der Waals surface area contributed by atoms with Gasteiger partial charge in [-0.3, -0.25) is 0 Å². The summed E-state index contributed by atoms with van der Waals surface area (Å²) in [6, 6.07) is 31.9. The Hall–Kier alpha value is -2.70. The van der Waals surface area contributed by atoms with E-state index >= 15 is 0 Å². The normalized spacial score (nSPS) is 12.0. The molecule has 3 heteroatoms. The summed E-state index contributed by atoms with van der Waals surface area (Å²) >= 11 is 0. The molecule has 0 heterocycles. The molecule has 0 N–H and O–H groups in total. The minimum atomic E-state index is -2.30. The molecule has 0 saturated heterocycles. The van der Waals surface area contributed by atoms with Crippen LogP contribution in [0.15, 0.2) is 103 Å². The van der Waals surface area contributed by atoms with Gasteiger partial charge >= 0.3 is 155 Å². The molecule has 0 saturated carbocycles. The van der Waals surface area contributed by atoms with Gasteiger partial charge < -0.3 is 0 Å². The Labute approximate surface area is 155 Å². The number of hydrogen-bond donors (Lipinski definition) is 0.